The van der Waals surface area contributed by atoms with Crippen LogP contribution in [0.4, 0.5) is 13.2 Å². The molecule has 0 saturated heterocycles. The zero-order valence-corrected chi connectivity index (χ0v) is 15.7. The quantitative estimate of drug-likeness (QED) is 0.688. The number of hydrogen-bond donors (Lipinski definition) is 3. The van der Waals surface area contributed by atoms with E-state index in [0.29, 0.717) is 5.01 Å². The molecule has 4 N–H and O–H groups in total. The van der Waals surface area contributed by atoms with Gasteiger partial charge in [-0.2, -0.15) is 13.2 Å². The molecule has 0 aromatic carbocycles. The average molecular weight is 408 g/mol. The van der Waals surface area contributed by atoms with E-state index in [1.165, 1.54) is 22.6 Å². The van der Waals surface area contributed by atoms with E-state index in [4.69, 9.17) is 15.6 Å². The van der Waals surface area contributed by atoms with Gasteiger partial charge in [0.15, 0.2) is 5.01 Å². The Labute approximate surface area is 158 Å². The lowest BCUT2D eigenvalue weighted by molar-refractivity contribution is -0.192. The smallest absolute Gasteiger partial charge is 0.475 e. The number of hydrogen-bond acceptors (Lipinski definition) is 6. The fourth-order valence-electron chi connectivity index (χ4n) is 2.99. The van der Waals surface area contributed by atoms with E-state index < -0.39 is 12.1 Å². The van der Waals surface area contributed by atoms with Crippen molar-refractivity contribution >= 4 is 23.2 Å². The van der Waals surface area contributed by atoms with E-state index in [9.17, 15) is 18.0 Å². The Morgan fingerprint density at radius 3 is 2.56 bits per heavy atom. The number of carboxylic acids is 1. The van der Waals surface area contributed by atoms with Gasteiger partial charge in [-0.25, -0.2) is 9.78 Å². The predicted octanol–water partition coefficient (Wildman–Crippen LogP) is 1.76. The molecule has 1 aliphatic heterocycles. The van der Waals surface area contributed by atoms with Gasteiger partial charge in [-0.15, -0.1) is 11.3 Å². The predicted molar refractivity (Wildman–Crippen MR) is 93.5 cm³/mol. The van der Waals surface area contributed by atoms with Crippen LogP contribution in [-0.4, -0.2) is 58.7 Å². The molecule has 2 heterocycles. The molecule has 0 bridgehead atoms. The van der Waals surface area contributed by atoms with Crippen LogP contribution in [0.2, 0.25) is 0 Å². The average Bonchev–Trinajstić information content (AvgIpc) is 3.00. The number of halogens is 3. The zero-order valence-electron chi connectivity index (χ0n) is 14.9. The van der Waals surface area contributed by atoms with Crippen molar-refractivity contribution < 1.29 is 27.9 Å². The molecule has 11 heteroatoms. The van der Waals surface area contributed by atoms with Crippen LogP contribution in [0.1, 0.15) is 46.1 Å². The number of carbonyl (C=O) groups excluding carboxylic acids is 1. The Morgan fingerprint density at radius 2 is 1.96 bits per heavy atom. The highest BCUT2D eigenvalue weighted by molar-refractivity contribution is 7.13. The minimum Gasteiger partial charge on any atom is -0.475 e. The third kappa shape index (κ3) is 6.15. The molecule has 1 aromatic heterocycles. The summed E-state index contributed by atoms with van der Waals surface area (Å²) in [5.41, 5.74) is 7.19. The van der Waals surface area contributed by atoms with E-state index >= 15 is 0 Å². The first-order valence-electron chi connectivity index (χ1n) is 8.61. The molecule has 1 amide bonds. The third-order valence-corrected chi connectivity index (χ3v) is 5.58. The van der Waals surface area contributed by atoms with Gasteiger partial charge in [0.2, 0.25) is 0 Å². The van der Waals surface area contributed by atoms with Gasteiger partial charge in [0.25, 0.3) is 5.91 Å². The summed E-state index contributed by atoms with van der Waals surface area (Å²) in [6, 6.07) is 0.202. The molecule has 2 atom stereocenters. The molecular formula is C16H23F3N4O3S. The molecule has 2 aliphatic rings. The lowest BCUT2D eigenvalue weighted by Crippen LogP contribution is -2.49. The first-order valence-corrected chi connectivity index (χ1v) is 9.43. The number of likely N-dealkylation sites (N-methyl/N-ethyl adjacent to an activating group) is 1. The normalized spacial score (nSPS) is 23.0. The molecule has 7 nitrogen and oxygen atoms in total. The van der Waals surface area contributed by atoms with Crippen molar-refractivity contribution in [2.24, 2.45) is 5.73 Å². The van der Waals surface area contributed by atoms with Crippen molar-refractivity contribution in [2.75, 3.05) is 13.6 Å². The van der Waals surface area contributed by atoms with E-state index in [1.54, 1.807) is 0 Å². The Morgan fingerprint density at radius 1 is 1.33 bits per heavy atom. The molecular weight excluding hydrogens is 385 g/mol. The summed E-state index contributed by atoms with van der Waals surface area (Å²) in [6.07, 6.45) is 0.173. The van der Waals surface area contributed by atoms with E-state index in [1.807, 2.05) is 0 Å². The second-order valence-electron chi connectivity index (χ2n) is 6.71. The first-order chi connectivity index (χ1) is 12.6. The lowest BCUT2D eigenvalue weighted by atomic mass is 9.91. The maximum absolute atomic E-state index is 12.3. The molecule has 0 unspecified atom stereocenters. The third-order valence-electron chi connectivity index (χ3n) is 4.49. The fraction of sp³-hybridized carbons (Fsp3) is 0.688. The van der Waals surface area contributed by atoms with Crippen LogP contribution in [0, 0.1) is 0 Å². The molecule has 1 saturated carbocycles. The molecule has 27 heavy (non-hydrogen) atoms. The van der Waals surface area contributed by atoms with Gasteiger partial charge in [0.1, 0.15) is 0 Å². The van der Waals surface area contributed by atoms with Crippen LogP contribution in [0.3, 0.4) is 0 Å². The number of nitrogens with zero attached hydrogens (tertiary/aromatic N) is 2. The van der Waals surface area contributed by atoms with Gasteiger partial charge in [0, 0.05) is 36.5 Å². The van der Waals surface area contributed by atoms with E-state index in [2.05, 4.69) is 22.2 Å². The minimum atomic E-state index is -5.08. The monoisotopic (exact) mass is 408 g/mol. The van der Waals surface area contributed by atoms with Gasteiger partial charge in [-0.05, 0) is 19.9 Å². The number of carbonyl (C=O) groups is 2. The maximum Gasteiger partial charge on any atom is 0.490 e. The van der Waals surface area contributed by atoms with Crippen molar-refractivity contribution in [3.05, 3.63) is 15.6 Å². The molecule has 0 spiro atoms. The molecule has 1 aromatic rings. The number of rotatable bonds is 2. The summed E-state index contributed by atoms with van der Waals surface area (Å²) < 4.78 is 31.7. The summed E-state index contributed by atoms with van der Waals surface area (Å²) in [4.78, 5) is 29.2. The minimum absolute atomic E-state index is 0.0468. The molecule has 1 fully saturated rings. The van der Waals surface area contributed by atoms with E-state index in [0.717, 1.165) is 44.5 Å². The Bertz CT molecular complexity index is 680. The van der Waals surface area contributed by atoms with Crippen molar-refractivity contribution in [3.63, 3.8) is 0 Å². The summed E-state index contributed by atoms with van der Waals surface area (Å²) in [7, 11) is 2.10. The van der Waals surface area contributed by atoms with Gasteiger partial charge in [0.05, 0.1) is 5.69 Å². The second kappa shape index (κ2) is 8.98. The van der Waals surface area contributed by atoms with Gasteiger partial charge in [-0.3, -0.25) is 4.79 Å². The van der Waals surface area contributed by atoms with Crippen molar-refractivity contribution in [1.82, 2.24) is 15.2 Å². The molecule has 1 aliphatic carbocycles. The molecule has 152 valence electrons. The number of fused-ring (bicyclic) bond motifs is 1. The fourth-order valence-corrected chi connectivity index (χ4v) is 4.08. The second-order valence-corrected chi connectivity index (χ2v) is 7.79. The number of amides is 1. The highest BCUT2D eigenvalue weighted by atomic mass is 32.1. The number of alkyl halides is 3. The van der Waals surface area contributed by atoms with Crippen LogP contribution in [-0.2, 0) is 17.8 Å². The zero-order chi connectivity index (χ0) is 20.2. The molecule has 0 radical (unpaired) electrons. The Kier molecular flexibility index (Phi) is 7.18. The number of aliphatic carboxylic acids is 1. The number of thiazole rings is 1. The largest absolute Gasteiger partial charge is 0.490 e. The first kappa shape index (κ1) is 21.6. The van der Waals surface area contributed by atoms with Crippen LogP contribution in [0.5, 0.6) is 0 Å². The number of nitrogens with two attached hydrogens (primary N) is 1. The molecule has 3 rings (SSSR count). The highest BCUT2D eigenvalue weighted by Crippen LogP contribution is 2.25. The van der Waals surface area contributed by atoms with Crippen molar-refractivity contribution in [1.29, 1.82) is 0 Å². The van der Waals surface area contributed by atoms with Crippen LogP contribution < -0.4 is 11.1 Å². The van der Waals surface area contributed by atoms with E-state index in [-0.39, 0.29) is 18.0 Å². The number of aromatic nitrogens is 1. The van der Waals surface area contributed by atoms with Crippen molar-refractivity contribution in [2.45, 2.75) is 56.9 Å². The van der Waals surface area contributed by atoms with Gasteiger partial charge >= 0.3 is 12.1 Å². The Hall–Kier alpha value is -1.72. The maximum atomic E-state index is 12.3. The number of carboxylic acid groups (broad SMARTS) is 1. The van der Waals surface area contributed by atoms with Gasteiger partial charge in [-0.1, -0.05) is 12.8 Å². The van der Waals surface area contributed by atoms with Crippen LogP contribution >= 0.6 is 11.3 Å². The summed E-state index contributed by atoms with van der Waals surface area (Å²) in [5, 5.41) is 10.8. The van der Waals surface area contributed by atoms with Crippen LogP contribution in [0.25, 0.3) is 0 Å². The summed E-state index contributed by atoms with van der Waals surface area (Å²) in [6.45, 7) is 1.93. The van der Waals surface area contributed by atoms with Gasteiger partial charge < -0.3 is 21.1 Å². The summed E-state index contributed by atoms with van der Waals surface area (Å²) in [5.74, 6) is -2.80. The highest BCUT2D eigenvalue weighted by Gasteiger charge is 2.38. The van der Waals surface area contributed by atoms with Crippen molar-refractivity contribution in [3.8, 4) is 0 Å². The SMILES string of the molecule is CN1CCc2nc(C(=O)N[C@@H]3CCCC[C@H]3N)sc2C1.O=C(O)C(F)(F)F. The number of nitrogens with one attached hydrogen (secondary N) is 1. The van der Waals surface area contributed by atoms with Crippen LogP contribution in [0.15, 0.2) is 0 Å². The summed E-state index contributed by atoms with van der Waals surface area (Å²) >= 11 is 1.53. The topological polar surface area (TPSA) is 109 Å². The Balaban J connectivity index is 0.000000321. The lowest BCUT2D eigenvalue weighted by Gasteiger charge is -2.28. The standard InChI is InChI=1S/C14H22N4OS.C2HF3O2/c1-18-7-6-11-12(8-18)20-14(17-11)13(19)16-10-5-3-2-4-9(10)15;3-2(4,5)1(6)7/h9-10H,2-8,15H2,1H3,(H,16,19);(H,6,7)/t9-,10-;/m1./s1.